The predicted octanol–water partition coefficient (Wildman–Crippen LogP) is 3.62. The molecule has 9 heteroatoms. The number of carbonyl (C=O) groups excluding carboxylic acids is 2. The Morgan fingerprint density at radius 3 is 2.03 bits per heavy atom. The summed E-state index contributed by atoms with van der Waals surface area (Å²) in [4.78, 5) is 31.1. The van der Waals surface area contributed by atoms with Gasteiger partial charge in [0.2, 0.25) is 5.91 Å². The van der Waals surface area contributed by atoms with Crippen molar-refractivity contribution in [1.82, 2.24) is 9.80 Å². The number of rotatable bonds is 2. The zero-order chi connectivity index (χ0) is 20.6. The third-order valence-electron chi connectivity index (χ3n) is 6.26. The average Bonchev–Trinajstić information content (AvgIpc) is 3.32. The van der Waals surface area contributed by atoms with Gasteiger partial charge in [-0.25, -0.2) is 4.79 Å². The van der Waals surface area contributed by atoms with Crippen LogP contribution in [0, 0.1) is 5.41 Å². The maximum atomic E-state index is 13.1. The van der Waals surface area contributed by atoms with E-state index >= 15 is 0 Å². The first-order chi connectivity index (χ1) is 13.8. The Kier molecular flexibility index (Phi) is 5.08. The molecule has 1 aromatic rings. The molecule has 0 bridgehead atoms. The zero-order valence-electron chi connectivity index (χ0n) is 16.1. The minimum atomic E-state index is -4.74. The van der Waals surface area contributed by atoms with E-state index in [0.717, 1.165) is 25.9 Å². The second-order valence-corrected chi connectivity index (χ2v) is 7.99. The van der Waals surface area contributed by atoms with E-state index in [2.05, 4.69) is 4.74 Å². The number of likely N-dealkylation sites (tertiary alicyclic amines) is 2. The van der Waals surface area contributed by atoms with Crippen LogP contribution in [-0.2, 0) is 4.79 Å². The molecule has 3 amide bonds. The van der Waals surface area contributed by atoms with Gasteiger partial charge in [0.05, 0.1) is 5.41 Å². The van der Waals surface area contributed by atoms with E-state index in [1.807, 2.05) is 9.80 Å². The highest BCUT2D eigenvalue weighted by Crippen LogP contribution is 2.43. The van der Waals surface area contributed by atoms with Crippen LogP contribution in [0.4, 0.5) is 23.7 Å². The minimum absolute atomic E-state index is 0.00439. The Morgan fingerprint density at radius 1 is 0.897 bits per heavy atom. The topological polar surface area (TPSA) is 53.1 Å². The zero-order valence-corrected chi connectivity index (χ0v) is 16.1. The second-order valence-electron chi connectivity index (χ2n) is 7.99. The monoisotopic (exact) mass is 411 g/mol. The first-order valence-corrected chi connectivity index (χ1v) is 9.99. The molecule has 0 unspecified atom stereocenters. The number of nitrogens with zero attached hydrogens (tertiary/aromatic N) is 3. The van der Waals surface area contributed by atoms with Gasteiger partial charge in [-0.05, 0) is 56.4 Å². The molecular weight excluding hydrogens is 387 g/mol. The van der Waals surface area contributed by atoms with E-state index in [1.54, 1.807) is 4.90 Å². The normalized spacial score (nSPS) is 21.9. The van der Waals surface area contributed by atoms with Gasteiger partial charge in [-0.3, -0.25) is 4.79 Å². The molecule has 3 saturated heterocycles. The smallest absolute Gasteiger partial charge is 0.406 e. The highest BCUT2D eigenvalue weighted by Gasteiger charge is 2.49. The molecule has 0 aliphatic carbocycles. The summed E-state index contributed by atoms with van der Waals surface area (Å²) < 4.78 is 40.8. The van der Waals surface area contributed by atoms with Crippen molar-refractivity contribution in [1.29, 1.82) is 0 Å². The van der Waals surface area contributed by atoms with Gasteiger partial charge < -0.3 is 19.4 Å². The summed E-state index contributed by atoms with van der Waals surface area (Å²) in [5.74, 6) is -0.313. The number of hydrogen-bond donors (Lipinski definition) is 0. The molecule has 6 nitrogen and oxygen atoms in total. The lowest BCUT2D eigenvalue weighted by atomic mass is 9.77. The predicted molar refractivity (Wildman–Crippen MR) is 99.5 cm³/mol. The van der Waals surface area contributed by atoms with Crippen LogP contribution in [0.3, 0.4) is 0 Å². The van der Waals surface area contributed by atoms with Crippen molar-refractivity contribution in [3.05, 3.63) is 24.3 Å². The summed E-state index contributed by atoms with van der Waals surface area (Å²) in [6.07, 6.45) is -0.713. The highest BCUT2D eigenvalue weighted by atomic mass is 19.4. The number of amides is 3. The average molecular weight is 411 g/mol. The van der Waals surface area contributed by atoms with E-state index in [-0.39, 0.29) is 17.7 Å². The fourth-order valence-electron chi connectivity index (χ4n) is 4.59. The molecule has 3 heterocycles. The van der Waals surface area contributed by atoms with E-state index in [0.29, 0.717) is 44.6 Å². The van der Waals surface area contributed by atoms with Gasteiger partial charge >= 0.3 is 12.4 Å². The molecule has 158 valence electrons. The molecule has 4 rings (SSSR count). The number of hydrogen-bond acceptors (Lipinski definition) is 3. The number of benzene rings is 1. The molecule has 29 heavy (non-hydrogen) atoms. The molecule has 0 saturated carbocycles. The molecule has 1 spiro atoms. The molecule has 0 radical (unpaired) electrons. The quantitative estimate of drug-likeness (QED) is 0.747. The van der Waals surface area contributed by atoms with Gasteiger partial charge in [0.25, 0.3) is 0 Å². The number of anilines is 1. The molecule has 3 fully saturated rings. The van der Waals surface area contributed by atoms with Gasteiger partial charge in [0, 0.05) is 38.4 Å². The van der Waals surface area contributed by atoms with Crippen molar-refractivity contribution in [3.8, 4) is 5.75 Å². The highest BCUT2D eigenvalue weighted by molar-refractivity contribution is 6.00. The Bertz CT molecular complexity index is 767. The van der Waals surface area contributed by atoms with Crippen LogP contribution < -0.4 is 9.64 Å². The van der Waals surface area contributed by atoms with Crippen molar-refractivity contribution in [2.75, 3.05) is 37.6 Å². The maximum Gasteiger partial charge on any atom is 0.573 e. The summed E-state index contributed by atoms with van der Waals surface area (Å²) in [5.41, 5.74) is 0.0834. The molecule has 1 aromatic carbocycles. The molecule has 0 N–H and O–H groups in total. The summed E-state index contributed by atoms with van der Waals surface area (Å²) in [6.45, 7) is 3.27. The molecule has 3 aliphatic heterocycles. The van der Waals surface area contributed by atoms with Crippen LogP contribution in [0.5, 0.6) is 5.75 Å². The fraction of sp³-hybridized carbons (Fsp3) is 0.600. The molecule has 0 aromatic heterocycles. The van der Waals surface area contributed by atoms with Crippen molar-refractivity contribution >= 4 is 17.6 Å². The number of piperidine rings is 1. The number of carbonyl (C=O) groups is 2. The summed E-state index contributed by atoms with van der Waals surface area (Å²) >= 11 is 0. The lowest BCUT2D eigenvalue weighted by molar-refractivity contribution is -0.274. The Labute approximate surface area is 167 Å². The number of alkyl halides is 3. The first kappa shape index (κ1) is 19.8. The Balaban J connectivity index is 1.38. The second kappa shape index (κ2) is 7.42. The standard InChI is InChI=1S/C20H24F3N3O3/c21-20(22,23)29-16-5-3-15(4-6-16)26-14-9-19(17(26)27)7-12-25(13-8-19)18(28)24-10-1-2-11-24/h3-6H,1-2,7-14H2. The van der Waals surface area contributed by atoms with Crippen LogP contribution >= 0.6 is 0 Å². The lowest BCUT2D eigenvalue weighted by Gasteiger charge is -2.39. The van der Waals surface area contributed by atoms with Gasteiger partial charge in [0.15, 0.2) is 0 Å². The van der Waals surface area contributed by atoms with Crippen LogP contribution in [0.15, 0.2) is 24.3 Å². The lowest BCUT2D eigenvalue weighted by Crippen LogP contribution is -2.50. The Hall–Kier alpha value is -2.45. The molecule has 0 atom stereocenters. The summed E-state index contributed by atoms with van der Waals surface area (Å²) in [7, 11) is 0. The van der Waals surface area contributed by atoms with Gasteiger partial charge in [-0.1, -0.05) is 0 Å². The number of ether oxygens (including phenoxy) is 1. The fourth-order valence-corrected chi connectivity index (χ4v) is 4.59. The van der Waals surface area contributed by atoms with E-state index in [1.165, 1.54) is 24.3 Å². The van der Waals surface area contributed by atoms with Crippen molar-refractivity contribution < 1.29 is 27.5 Å². The van der Waals surface area contributed by atoms with Crippen LogP contribution in [-0.4, -0.2) is 60.8 Å². The van der Waals surface area contributed by atoms with Crippen LogP contribution in [0.1, 0.15) is 32.1 Å². The molecule has 3 aliphatic rings. The van der Waals surface area contributed by atoms with Gasteiger partial charge in [-0.15, -0.1) is 13.2 Å². The third kappa shape index (κ3) is 4.00. The van der Waals surface area contributed by atoms with Crippen LogP contribution in [0.2, 0.25) is 0 Å². The third-order valence-corrected chi connectivity index (χ3v) is 6.26. The van der Waals surface area contributed by atoms with E-state index in [4.69, 9.17) is 0 Å². The van der Waals surface area contributed by atoms with Gasteiger partial charge in [-0.2, -0.15) is 0 Å². The van der Waals surface area contributed by atoms with Crippen molar-refractivity contribution in [2.45, 2.75) is 38.5 Å². The van der Waals surface area contributed by atoms with Crippen LogP contribution in [0.25, 0.3) is 0 Å². The Morgan fingerprint density at radius 2 is 1.45 bits per heavy atom. The van der Waals surface area contributed by atoms with E-state index < -0.39 is 11.8 Å². The summed E-state index contributed by atoms with van der Waals surface area (Å²) in [6, 6.07) is 5.46. The van der Waals surface area contributed by atoms with Crippen molar-refractivity contribution in [2.24, 2.45) is 5.41 Å². The maximum absolute atomic E-state index is 13.1. The molecular formula is C20H24F3N3O3. The number of urea groups is 1. The largest absolute Gasteiger partial charge is 0.573 e. The van der Waals surface area contributed by atoms with Crippen molar-refractivity contribution in [3.63, 3.8) is 0 Å². The van der Waals surface area contributed by atoms with E-state index in [9.17, 15) is 22.8 Å². The first-order valence-electron chi connectivity index (χ1n) is 9.99. The van der Waals surface area contributed by atoms with Gasteiger partial charge in [0.1, 0.15) is 5.75 Å². The minimum Gasteiger partial charge on any atom is -0.406 e. The number of halogens is 3. The summed E-state index contributed by atoms with van der Waals surface area (Å²) in [5, 5.41) is 0. The SMILES string of the molecule is O=C(N1CCCC1)N1CCC2(CC1)CCN(c1ccc(OC(F)(F)F)cc1)C2=O.